The highest BCUT2D eigenvalue weighted by Crippen LogP contribution is 2.26. The molecule has 0 aliphatic carbocycles. The minimum absolute atomic E-state index is 0.00826. The van der Waals surface area contributed by atoms with Gasteiger partial charge >= 0.3 is 5.97 Å². The van der Waals surface area contributed by atoms with Crippen LogP contribution in [0.25, 0.3) is 0 Å². The van der Waals surface area contributed by atoms with Gasteiger partial charge < -0.3 is 16.2 Å². The van der Waals surface area contributed by atoms with E-state index in [0.717, 1.165) is 6.42 Å². The van der Waals surface area contributed by atoms with Crippen LogP contribution in [0.15, 0.2) is 18.2 Å². The van der Waals surface area contributed by atoms with Crippen LogP contribution in [0.2, 0.25) is 0 Å². The molecule has 1 aromatic rings. The van der Waals surface area contributed by atoms with Gasteiger partial charge in [-0.05, 0) is 43.4 Å². The van der Waals surface area contributed by atoms with E-state index in [-0.39, 0.29) is 16.9 Å². The first-order valence-corrected chi connectivity index (χ1v) is 7.09. The van der Waals surface area contributed by atoms with E-state index in [9.17, 15) is 14.7 Å². The van der Waals surface area contributed by atoms with Crippen LogP contribution >= 0.6 is 0 Å². The zero-order chi connectivity index (χ0) is 16.0. The van der Waals surface area contributed by atoms with Gasteiger partial charge in [-0.25, -0.2) is 4.79 Å². The maximum atomic E-state index is 12.0. The van der Waals surface area contributed by atoms with Gasteiger partial charge in [0.15, 0.2) is 0 Å². The molecule has 0 aliphatic heterocycles. The predicted octanol–water partition coefficient (Wildman–Crippen LogP) is 2.79. The number of carbonyl (C=O) groups is 2. The molecule has 0 heterocycles. The molecule has 1 aromatic carbocycles. The summed E-state index contributed by atoms with van der Waals surface area (Å²) in [5, 5.41) is 11.9. The smallest absolute Gasteiger partial charge is 0.338 e. The Morgan fingerprint density at radius 1 is 1.29 bits per heavy atom. The van der Waals surface area contributed by atoms with Gasteiger partial charge in [-0.3, -0.25) is 4.79 Å². The molecular weight excluding hydrogens is 268 g/mol. The fourth-order valence-electron chi connectivity index (χ4n) is 2.24. The maximum Gasteiger partial charge on any atom is 0.338 e. The van der Waals surface area contributed by atoms with E-state index in [1.54, 1.807) is 25.1 Å². The van der Waals surface area contributed by atoms with Gasteiger partial charge in [0, 0.05) is 6.42 Å². The topological polar surface area (TPSA) is 92.4 Å². The molecule has 0 saturated carbocycles. The molecule has 0 saturated heterocycles. The second kappa shape index (κ2) is 7.22. The van der Waals surface area contributed by atoms with Gasteiger partial charge in [0.05, 0.1) is 11.3 Å². The highest BCUT2D eigenvalue weighted by atomic mass is 16.4. The van der Waals surface area contributed by atoms with Crippen LogP contribution < -0.4 is 11.1 Å². The van der Waals surface area contributed by atoms with Crippen LogP contribution in [0, 0.1) is 12.3 Å². The van der Waals surface area contributed by atoms with E-state index in [0.29, 0.717) is 30.6 Å². The number of benzene rings is 1. The van der Waals surface area contributed by atoms with Crippen LogP contribution in [-0.4, -0.2) is 23.5 Å². The Bertz CT molecular complexity index is 524. The van der Waals surface area contributed by atoms with Gasteiger partial charge in [0.25, 0.3) is 0 Å². The third-order valence-electron chi connectivity index (χ3n) is 3.61. The molecule has 0 spiro atoms. The summed E-state index contributed by atoms with van der Waals surface area (Å²) in [6, 6.07) is 5.05. The zero-order valence-electron chi connectivity index (χ0n) is 12.9. The molecule has 1 amide bonds. The molecule has 21 heavy (non-hydrogen) atoms. The Morgan fingerprint density at radius 3 is 2.52 bits per heavy atom. The highest BCUT2D eigenvalue weighted by molar-refractivity contribution is 6.01. The van der Waals surface area contributed by atoms with Crippen LogP contribution in [0.3, 0.4) is 0 Å². The molecule has 116 valence electrons. The number of nitrogens with one attached hydrogen (secondary N) is 1. The molecule has 0 bridgehead atoms. The van der Waals surface area contributed by atoms with E-state index in [4.69, 9.17) is 5.73 Å². The van der Waals surface area contributed by atoms with E-state index in [2.05, 4.69) is 19.2 Å². The van der Waals surface area contributed by atoms with Crippen molar-refractivity contribution in [1.82, 2.24) is 0 Å². The van der Waals surface area contributed by atoms with Crippen molar-refractivity contribution < 1.29 is 14.7 Å². The van der Waals surface area contributed by atoms with Crippen molar-refractivity contribution in [3.8, 4) is 0 Å². The summed E-state index contributed by atoms with van der Waals surface area (Å²) in [4.78, 5) is 23.3. The summed E-state index contributed by atoms with van der Waals surface area (Å²) < 4.78 is 0. The Hall–Kier alpha value is -1.88. The molecule has 5 heteroatoms. The van der Waals surface area contributed by atoms with Gasteiger partial charge in [-0.1, -0.05) is 26.0 Å². The lowest BCUT2D eigenvalue weighted by Crippen LogP contribution is -2.21. The first-order chi connectivity index (χ1) is 9.76. The average Bonchev–Trinajstić information content (AvgIpc) is 2.36. The minimum atomic E-state index is -1.04. The van der Waals surface area contributed by atoms with Crippen molar-refractivity contribution >= 4 is 17.6 Å². The number of nitrogens with two attached hydrogens (primary N) is 1. The Morgan fingerprint density at radius 2 is 1.95 bits per heavy atom. The summed E-state index contributed by atoms with van der Waals surface area (Å²) in [5.41, 5.74) is 6.68. The standard InChI is InChI=1S/C16H24N2O3/c1-11-5-4-6-12(14(11)15(20)21)18-13(19)7-8-16(2,3)9-10-17/h4-6H,7-10,17H2,1-3H3,(H,18,19)(H,20,21). The maximum absolute atomic E-state index is 12.0. The average molecular weight is 292 g/mol. The number of carboxylic acid groups (broad SMARTS) is 1. The lowest BCUT2D eigenvalue weighted by atomic mass is 9.84. The van der Waals surface area contributed by atoms with Crippen LogP contribution in [0.1, 0.15) is 49.0 Å². The lowest BCUT2D eigenvalue weighted by molar-refractivity contribution is -0.116. The molecule has 0 atom stereocenters. The Kier molecular flexibility index (Phi) is 5.90. The fourth-order valence-corrected chi connectivity index (χ4v) is 2.24. The Labute approximate surface area is 125 Å². The van der Waals surface area contributed by atoms with E-state index in [1.807, 2.05) is 0 Å². The summed E-state index contributed by atoms with van der Waals surface area (Å²) in [6.07, 6.45) is 1.91. The van der Waals surface area contributed by atoms with Crippen molar-refractivity contribution in [2.24, 2.45) is 11.1 Å². The molecule has 0 fully saturated rings. The molecule has 0 aliphatic rings. The van der Waals surface area contributed by atoms with Gasteiger partial charge in [-0.2, -0.15) is 0 Å². The van der Waals surface area contributed by atoms with E-state index in [1.165, 1.54) is 0 Å². The third kappa shape index (κ3) is 5.19. The number of hydrogen-bond donors (Lipinski definition) is 3. The molecule has 0 radical (unpaired) electrons. The Balaban J connectivity index is 2.72. The SMILES string of the molecule is Cc1cccc(NC(=O)CCC(C)(C)CCN)c1C(=O)O. The zero-order valence-corrected chi connectivity index (χ0v) is 12.9. The first kappa shape index (κ1) is 17.2. The van der Waals surface area contributed by atoms with Crippen LogP contribution in [-0.2, 0) is 4.79 Å². The summed E-state index contributed by atoms with van der Waals surface area (Å²) >= 11 is 0. The van der Waals surface area contributed by atoms with Crippen molar-refractivity contribution in [3.05, 3.63) is 29.3 Å². The number of carbonyl (C=O) groups excluding carboxylic acids is 1. The van der Waals surface area contributed by atoms with Crippen molar-refractivity contribution in [1.29, 1.82) is 0 Å². The molecule has 0 aromatic heterocycles. The fraction of sp³-hybridized carbons (Fsp3) is 0.500. The molecule has 5 nitrogen and oxygen atoms in total. The monoisotopic (exact) mass is 292 g/mol. The number of hydrogen-bond acceptors (Lipinski definition) is 3. The summed E-state index contributed by atoms with van der Waals surface area (Å²) in [6.45, 7) is 6.45. The second-order valence-electron chi connectivity index (χ2n) is 6.05. The number of aryl methyl sites for hydroxylation is 1. The number of anilines is 1. The molecular formula is C16H24N2O3. The largest absolute Gasteiger partial charge is 0.478 e. The quantitative estimate of drug-likeness (QED) is 0.720. The van der Waals surface area contributed by atoms with E-state index < -0.39 is 5.97 Å². The van der Waals surface area contributed by atoms with E-state index >= 15 is 0 Å². The minimum Gasteiger partial charge on any atom is -0.478 e. The number of aromatic carboxylic acids is 1. The second-order valence-corrected chi connectivity index (χ2v) is 6.05. The van der Waals surface area contributed by atoms with Gasteiger partial charge in [-0.15, -0.1) is 0 Å². The number of carboxylic acids is 1. The van der Waals surface area contributed by atoms with Crippen molar-refractivity contribution in [2.45, 2.75) is 40.0 Å². The van der Waals surface area contributed by atoms with Crippen LogP contribution in [0.4, 0.5) is 5.69 Å². The molecule has 0 unspecified atom stereocenters. The van der Waals surface area contributed by atoms with Gasteiger partial charge in [0.1, 0.15) is 0 Å². The first-order valence-electron chi connectivity index (χ1n) is 7.09. The summed E-state index contributed by atoms with van der Waals surface area (Å²) in [5.74, 6) is -1.21. The van der Waals surface area contributed by atoms with Crippen LogP contribution in [0.5, 0.6) is 0 Å². The normalized spacial score (nSPS) is 11.2. The molecule has 4 N–H and O–H groups in total. The van der Waals surface area contributed by atoms with Crippen molar-refractivity contribution in [2.75, 3.05) is 11.9 Å². The number of amides is 1. The summed E-state index contributed by atoms with van der Waals surface area (Å²) in [7, 11) is 0. The molecule has 1 rings (SSSR count). The predicted molar refractivity (Wildman–Crippen MR) is 83.5 cm³/mol. The number of rotatable bonds is 7. The van der Waals surface area contributed by atoms with Crippen molar-refractivity contribution in [3.63, 3.8) is 0 Å². The van der Waals surface area contributed by atoms with Gasteiger partial charge in [0.2, 0.25) is 5.91 Å². The lowest BCUT2D eigenvalue weighted by Gasteiger charge is -2.23. The third-order valence-corrected chi connectivity index (χ3v) is 3.61. The highest BCUT2D eigenvalue weighted by Gasteiger charge is 2.19.